The van der Waals surface area contributed by atoms with Crippen LogP contribution in [0.4, 0.5) is 5.95 Å². The van der Waals surface area contributed by atoms with Gasteiger partial charge < -0.3 is 5.32 Å². The van der Waals surface area contributed by atoms with E-state index in [1.54, 1.807) is 13.0 Å². The molecule has 0 fully saturated rings. The van der Waals surface area contributed by atoms with Crippen LogP contribution in [0.5, 0.6) is 0 Å². The largest absolute Gasteiger partial charge is 0.342 e. The second-order valence-electron chi connectivity index (χ2n) is 7.06. The van der Waals surface area contributed by atoms with Crippen molar-refractivity contribution in [3.8, 4) is 5.82 Å². The Labute approximate surface area is 200 Å². The van der Waals surface area contributed by atoms with Crippen LogP contribution in [0.1, 0.15) is 29.1 Å². The molecule has 33 heavy (non-hydrogen) atoms. The number of amides is 1. The predicted molar refractivity (Wildman–Crippen MR) is 123 cm³/mol. The molecule has 0 aliphatic heterocycles. The highest BCUT2D eigenvalue weighted by Gasteiger charge is 2.23. The van der Waals surface area contributed by atoms with Crippen molar-refractivity contribution in [3.05, 3.63) is 58.0 Å². The number of carbonyl (C=O) groups excluding carboxylic acids is 1. The predicted octanol–water partition coefficient (Wildman–Crippen LogP) is 2.24. The van der Waals surface area contributed by atoms with E-state index in [0.717, 1.165) is 12.5 Å². The summed E-state index contributed by atoms with van der Waals surface area (Å²) in [6, 6.07) is 6.04. The summed E-state index contributed by atoms with van der Waals surface area (Å²) in [4.78, 5) is 21.0. The van der Waals surface area contributed by atoms with Crippen LogP contribution in [0.15, 0.2) is 41.4 Å². The lowest BCUT2D eigenvalue weighted by Crippen LogP contribution is -2.29. The zero-order valence-electron chi connectivity index (χ0n) is 17.4. The average molecular weight is 533 g/mol. The Morgan fingerprint density at radius 1 is 1.06 bits per heavy atom. The van der Waals surface area contributed by atoms with Gasteiger partial charge in [-0.2, -0.15) is 9.67 Å². The van der Waals surface area contributed by atoms with E-state index in [1.807, 2.05) is 0 Å². The van der Waals surface area contributed by atoms with E-state index in [-0.39, 0.29) is 33.1 Å². The number of benzene rings is 1. The highest BCUT2D eigenvalue weighted by Crippen LogP contribution is 2.22. The Morgan fingerprint density at radius 3 is 2.33 bits per heavy atom. The molecule has 0 radical (unpaired) electrons. The van der Waals surface area contributed by atoms with Gasteiger partial charge >= 0.3 is 0 Å². The maximum Gasteiger partial charge on any atom is 0.256 e. The number of pyridine rings is 1. The quantitative estimate of drug-likeness (QED) is 0.469. The first-order valence-electron chi connectivity index (χ1n) is 9.11. The fourth-order valence-corrected chi connectivity index (χ4v) is 4.24. The number of rotatable bonds is 7. The summed E-state index contributed by atoms with van der Waals surface area (Å²) < 4.78 is 50.4. The Hall–Kier alpha value is -2.74. The lowest BCUT2D eigenvalue weighted by Gasteiger charge is -2.15. The molecule has 1 aromatic carbocycles. The second-order valence-corrected chi connectivity index (χ2v) is 11.7. The van der Waals surface area contributed by atoms with Crippen LogP contribution in [0.25, 0.3) is 5.82 Å². The molecule has 2 heterocycles. The van der Waals surface area contributed by atoms with Crippen LogP contribution < -0.4 is 10.0 Å². The van der Waals surface area contributed by atoms with Gasteiger partial charge in [0.05, 0.1) is 22.2 Å². The Kier molecular flexibility index (Phi) is 6.98. The fraction of sp³-hybridized carbons (Fsp3) is 0.222. The number of sulfone groups is 1. The van der Waals surface area contributed by atoms with Crippen molar-refractivity contribution >= 4 is 54.9 Å². The van der Waals surface area contributed by atoms with Crippen LogP contribution in [-0.4, -0.2) is 55.0 Å². The lowest BCUT2D eigenvalue weighted by atomic mass is 10.2. The van der Waals surface area contributed by atoms with Gasteiger partial charge in [-0.3, -0.25) is 9.52 Å². The molecular formula is C18H18Cl2N6O5S2. The third-order valence-corrected chi connectivity index (χ3v) is 6.22. The van der Waals surface area contributed by atoms with Gasteiger partial charge in [-0.05, 0) is 37.3 Å². The van der Waals surface area contributed by atoms with Crippen molar-refractivity contribution in [2.75, 3.05) is 17.2 Å². The van der Waals surface area contributed by atoms with E-state index >= 15 is 0 Å². The standard InChI is InChI=1S/C18H18Cl2N6O5S2/c1-10(22-17(27)11-6-13(20)8-14(7-11)32(2,28)29)16-23-18(25-33(3,30)31)24-26(16)15-5-4-12(19)9-21-15/h4-10H,1-3H3,(H,22,27)(H,24,25). The molecule has 0 aliphatic carbocycles. The van der Waals surface area contributed by atoms with E-state index in [0.29, 0.717) is 5.02 Å². The van der Waals surface area contributed by atoms with E-state index < -0.39 is 31.8 Å². The van der Waals surface area contributed by atoms with E-state index in [2.05, 4.69) is 25.1 Å². The molecule has 0 saturated carbocycles. The van der Waals surface area contributed by atoms with Crippen LogP contribution in [0.2, 0.25) is 10.0 Å². The molecule has 1 amide bonds. The first kappa shape index (κ1) is 24.9. The summed E-state index contributed by atoms with van der Waals surface area (Å²) in [5.74, 6) is -0.444. The summed E-state index contributed by atoms with van der Waals surface area (Å²) in [6.07, 6.45) is 3.31. The molecule has 11 nitrogen and oxygen atoms in total. The summed E-state index contributed by atoms with van der Waals surface area (Å²) in [5, 5.41) is 7.23. The number of aromatic nitrogens is 4. The number of anilines is 1. The number of hydrogen-bond donors (Lipinski definition) is 2. The van der Waals surface area contributed by atoms with Gasteiger partial charge in [-0.15, -0.1) is 5.10 Å². The van der Waals surface area contributed by atoms with Gasteiger partial charge in [-0.1, -0.05) is 23.2 Å². The van der Waals surface area contributed by atoms with Crippen molar-refractivity contribution < 1.29 is 21.6 Å². The molecular weight excluding hydrogens is 515 g/mol. The Bertz CT molecular complexity index is 1420. The molecule has 0 saturated heterocycles. The average Bonchev–Trinajstić information content (AvgIpc) is 3.09. The smallest absolute Gasteiger partial charge is 0.256 e. The summed E-state index contributed by atoms with van der Waals surface area (Å²) >= 11 is 11.9. The van der Waals surface area contributed by atoms with E-state index in [9.17, 15) is 21.6 Å². The van der Waals surface area contributed by atoms with Gasteiger partial charge in [-0.25, -0.2) is 21.8 Å². The summed E-state index contributed by atoms with van der Waals surface area (Å²) in [5.41, 5.74) is 0.0138. The molecule has 0 spiro atoms. The van der Waals surface area contributed by atoms with Gasteiger partial charge in [0.1, 0.15) is 0 Å². The zero-order valence-corrected chi connectivity index (χ0v) is 20.6. The molecule has 3 rings (SSSR count). The minimum absolute atomic E-state index is 0.0138. The molecule has 3 aromatic rings. The van der Waals surface area contributed by atoms with Gasteiger partial charge in [0.25, 0.3) is 11.9 Å². The molecule has 1 unspecified atom stereocenters. The van der Waals surface area contributed by atoms with Gasteiger partial charge in [0, 0.05) is 23.0 Å². The Morgan fingerprint density at radius 2 is 1.76 bits per heavy atom. The molecule has 2 aromatic heterocycles. The van der Waals surface area contributed by atoms with Crippen LogP contribution >= 0.6 is 23.2 Å². The minimum atomic E-state index is -3.67. The van der Waals surface area contributed by atoms with Gasteiger partial charge in [0.15, 0.2) is 21.5 Å². The van der Waals surface area contributed by atoms with Crippen molar-refractivity contribution in [2.24, 2.45) is 0 Å². The number of halogens is 2. The Balaban J connectivity index is 1.97. The molecule has 1 atom stereocenters. The fourth-order valence-electron chi connectivity index (χ4n) is 2.73. The molecule has 0 bridgehead atoms. The lowest BCUT2D eigenvalue weighted by molar-refractivity contribution is 0.0937. The zero-order chi connectivity index (χ0) is 24.6. The molecule has 15 heteroatoms. The number of nitrogens with zero attached hydrogens (tertiary/aromatic N) is 4. The minimum Gasteiger partial charge on any atom is -0.342 e. The number of carbonyl (C=O) groups is 1. The van der Waals surface area contributed by atoms with Crippen molar-refractivity contribution in [1.82, 2.24) is 25.1 Å². The first-order valence-corrected chi connectivity index (χ1v) is 13.6. The summed E-state index contributed by atoms with van der Waals surface area (Å²) in [7, 11) is -7.27. The molecule has 176 valence electrons. The molecule has 2 N–H and O–H groups in total. The number of hydrogen-bond acceptors (Lipinski definition) is 8. The summed E-state index contributed by atoms with van der Waals surface area (Å²) in [6.45, 7) is 1.58. The van der Waals surface area contributed by atoms with Crippen molar-refractivity contribution in [1.29, 1.82) is 0 Å². The topological polar surface area (TPSA) is 153 Å². The highest BCUT2D eigenvalue weighted by atomic mass is 35.5. The van der Waals surface area contributed by atoms with Crippen LogP contribution in [0, 0.1) is 0 Å². The van der Waals surface area contributed by atoms with E-state index in [1.165, 1.54) is 35.1 Å². The normalized spacial score (nSPS) is 12.9. The van der Waals surface area contributed by atoms with Gasteiger partial charge in [0.2, 0.25) is 10.0 Å². The highest BCUT2D eigenvalue weighted by molar-refractivity contribution is 7.92. The first-order chi connectivity index (χ1) is 15.2. The third kappa shape index (κ3) is 6.41. The maximum absolute atomic E-state index is 12.8. The van der Waals surface area contributed by atoms with Crippen molar-refractivity contribution in [2.45, 2.75) is 17.9 Å². The number of nitrogens with one attached hydrogen (secondary N) is 2. The van der Waals surface area contributed by atoms with Crippen LogP contribution in [0.3, 0.4) is 0 Å². The van der Waals surface area contributed by atoms with Crippen molar-refractivity contribution in [3.63, 3.8) is 0 Å². The third-order valence-electron chi connectivity index (χ3n) is 4.13. The SMILES string of the molecule is CC(NC(=O)c1cc(Cl)cc(S(C)(=O)=O)c1)c1nc(NS(C)(=O)=O)nn1-c1ccc(Cl)cn1. The second kappa shape index (κ2) is 9.25. The maximum atomic E-state index is 12.8. The van der Waals surface area contributed by atoms with Crippen LogP contribution in [-0.2, 0) is 19.9 Å². The monoisotopic (exact) mass is 532 g/mol. The molecule has 0 aliphatic rings. The number of sulfonamides is 1. The van der Waals surface area contributed by atoms with E-state index in [4.69, 9.17) is 23.2 Å².